The molecular formula is C22H31NO3. The molecule has 0 bridgehead atoms. The van der Waals surface area contributed by atoms with Gasteiger partial charge in [-0.25, -0.2) is 0 Å². The van der Waals surface area contributed by atoms with Gasteiger partial charge in [0, 0.05) is 6.42 Å². The molecule has 5 rings (SSSR count). The van der Waals surface area contributed by atoms with E-state index in [1.807, 2.05) is 13.0 Å². The van der Waals surface area contributed by atoms with Gasteiger partial charge in [-0.3, -0.25) is 4.79 Å². The van der Waals surface area contributed by atoms with Crippen LogP contribution in [0, 0.1) is 34.0 Å². The van der Waals surface area contributed by atoms with Crippen LogP contribution in [0.1, 0.15) is 72.1 Å². The Morgan fingerprint density at radius 1 is 1.08 bits per heavy atom. The molecule has 0 aromatic heterocycles. The maximum atomic E-state index is 12.4. The van der Waals surface area contributed by atoms with E-state index in [0.717, 1.165) is 25.7 Å². The first-order valence-corrected chi connectivity index (χ1v) is 10.4. The van der Waals surface area contributed by atoms with E-state index >= 15 is 0 Å². The number of nitrogens with zero attached hydrogens (tertiary/aromatic N) is 1. The van der Waals surface area contributed by atoms with Crippen LogP contribution in [0.2, 0.25) is 0 Å². The van der Waals surface area contributed by atoms with Gasteiger partial charge in [0.1, 0.15) is 5.71 Å². The third-order valence-corrected chi connectivity index (χ3v) is 9.70. The van der Waals surface area contributed by atoms with Crippen LogP contribution in [0.5, 0.6) is 0 Å². The van der Waals surface area contributed by atoms with E-state index in [1.54, 1.807) is 0 Å². The first-order valence-electron chi connectivity index (χ1n) is 10.4. The molecule has 0 unspecified atom stereocenters. The normalized spacial score (nSPS) is 53.1. The highest BCUT2D eigenvalue weighted by Crippen LogP contribution is 2.74. The van der Waals surface area contributed by atoms with Crippen molar-refractivity contribution in [1.82, 2.24) is 0 Å². The minimum absolute atomic E-state index is 0.0141. The zero-order chi connectivity index (χ0) is 18.5. The lowest BCUT2D eigenvalue weighted by Gasteiger charge is -2.61. The minimum atomic E-state index is -0.559. The quantitative estimate of drug-likeness (QED) is 0.506. The predicted octanol–water partition coefficient (Wildman–Crippen LogP) is 4.10. The summed E-state index contributed by atoms with van der Waals surface area (Å²) in [6.45, 7) is 6.69. The fourth-order valence-electron chi connectivity index (χ4n) is 7.88. The molecule has 0 radical (unpaired) electrons. The van der Waals surface area contributed by atoms with Gasteiger partial charge in [0.15, 0.2) is 0 Å². The lowest BCUT2D eigenvalue weighted by Crippen LogP contribution is -2.56. The molecule has 0 saturated heterocycles. The summed E-state index contributed by atoms with van der Waals surface area (Å²) >= 11 is 0. The molecule has 4 fully saturated rings. The van der Waals surface area contributed by atoms with Crippen molar-refractivity contribution >= 4 is 11.5 Å². The van der Waals surface area contributed by atoms with Gasteiger partial charge in [-0.2, -0.15) is 0 Å². The molecule has 4 heteroatoms. The molecule has 1 spiro atoms. The topological polar surface area (TPSA) is 69.9 Å². The number of carbonyl (C=O) groups excluding carboxylic acids is 1. The molecule has 0 amide bonds. The third-order valence-electron chi connectivity index (χ3n) is 9.70. The Balaban J connectivity index is 1.61. The van der Waals surface area contributed by atoms with E-state index in [2.05, 4.69) is 19.0 Å². The summed E-state index contributed by atoms with van der Waals surface area (Å²) in [5, 5.41) is 23.8. The van der Waals surface area contributed by atoms with E-state index in [9.17, 15) is 15.1 Å². The number of oxime groups is 1. The van der Waals surface area contributed by atoms with Gasteiger partial charge in [0.25, 0.3) is 0 Å². The summed E-state index contributed by atoms with van der Waals surface area (Å²) in [5.74, 6) is 1.62. The molecule has 0 aromatic carbocycles. The molecule has 6 atom stereocenters. The second kappa shape index (κ2) is 4.81. The third kappa shape index (κ3) is 1.85. The van der Waals surface area contributed by atoms with E-state index in [1.165, 1.54) is 24.8 Å². The largest absolute Gasteiger partial charge is 0.411 e. The number of carbonyl (C=O) groups is 1. The van der Waals surface area contributed by atoms with Gasteiger partial charge in [0.05, 0.1) is 5.60 Å². The number of allylic oxidation sites excluding steroid dienone is 1. The summed E-state index contributed by atoms with van der Waals surface area (Å²) in [4.78, 5) is 12.4. The van der Waals surface area contributed by atoms with Crippen molar-refractivity contribution in [3.05, 3.63) is 11.6 Å². The average molecular weight is 357 g/mol. The van der Waals surface area contributed by atoms with Gasteiger partial charge >= 0.3 is 0 Å². The Morgan fingerprint density at radius 2 is 1.77 bits per heavy atom. The number of aliphatic hydroxyl groups is 1. The molecule has 4 nitrogen and oxygen atoms in total. The highest BCUT2D eigenvalue weighted by molar-refractivity contribution is 6.45. The molecule has 142 valence electrons. The minimum Gasteiger partial charge on any atom is -0.411 e. The summed E-state index contributed by atoms with van der Waals surface area (Å²) in [5.41, 5.74) is 1.29. The van der Waals surface area contributed by atoms with Crippen molar-refractivity contribution in [2.45, 2.75) is 77.7 Å². The lowest BCUT2D eigenvalue weighted by atomic mass is 9.44. The van der Waals surface area contributed by atoms with Crippen molar-refractivity contribution in [1.29, 1.82) is 0 Å². The Hall–Kier alpha value is -1.16. The van der Waals surface area contributed by atoms with Crippen molar-refractivity contribution in [3.8, 4) is 0 Å². The summed E-state index contributed by atoms with van der Waals surface area (Å²) < 4.78 is 0. The van der Waals surface area contributed by atoms with Crippen LogP contribution in [0.15, 0.2) is 16.8 Å². The first-order chi connectivity index (χ1) is 12.2. The highest BCUT2D eigenvalue weighted by Gasteiger charge is 2.68. The number of fused-ring (bicyclic) bond motifs is 6. The summed E-state index contributed by atoms with van der Waals surface area (Å²) in [6, 6.07) is 0. The number of ketones is 1. The van der Waals surface area contributed by atoms with Crippen molar-refractivity contribution in [2.75, 3.05) is 0 Å². The van der Waals surface area contributed by atoms with Gasteiger partial charge in [-0.1, -0.05) is 24.6 Å². The van der Waals surface area contributed by atoms with E-state index in [0.29, 0.717) is 29.9 Å². The van der Waals surface area contributed by atoms with Crippen LogP contribution in [0.25, 0.3) is 0 Å². The number of hydrogen-bond acceptors (Lipinski definition) is 4. The predicted molar refractivity (Wildman–Crippen MR) is 99.0 cm³/mol. The van der Waals surface area contributed by atoms with E-state index in [-0.39, 0.29) is 22.0 Å². The van der Waals surface area contributed by atoms with Gasteiger partial charge in [-0.05, 0) is 91.9 Å². The van der Waals surface area contributed by atoms with Crippen LogP contribution >= 0.6 is 0 Å². The molecule has 2 N–H and O–H groups in total. The Morgan fingerprint density at radius 3 is 2.42 bits per heavy atom. The monoisotopic (exact) mass is 357 g/mol. The second-order valence-corrected chi connectivity index (χ2v) is 10.7. The van der Waals surface area contributed by atoms with E-state index < -0.39 is 5.60 Å². The first kappa shape index (κ1) is 17.0. The summed E-state index contributed by atoms with van der Waals surface area (Å²) in [7, 11) is 0. The SMILES string of the molecule is C[C@]12C/C(=N/O)C(=O)C=C1C1(CC1)C[C@@H]1[C@@H]2CC[C@@]2(C)[C@H]1CC[C@]2(C)O. The molecular weight excluding hydrogens is 326 g/mol. The molecule has 4 saturated carbocycles. The second-order valence-electron chi connectivity index (χ2n) is 10.7. The lowest BCUT2D eigenvalue weighted by molar-refractivity contribution is -0.123. The van der Waals surface area contributed by atoms with Crippen molar-refractivity contribution < 1.29 is 15.1 Å². The van der Waals surface area contributed by atoms with Crippen molar-refractivity contribution in [2.24, 2.45) is 39.2 Å². The van der Waals surface area contributed by atoms with Crippen molar-refractivity contribution in [3.63, 3.8) is 0 Å². The average Bonchev–Trinajstić information content (AvgIpc) is 3.30. The van der Waals surface area contributed by atoms with Crippen LogP contribution in [-0.4, -0.2) is 27.4 Å². The fourth-order valence-corrected chi connectivity index (χ4v) is 7.88. The van der Waals surface area contributed by atoms with Gasteiger partial charge in [-0.15, -0.1) is 0 Å². The number of rotatable bonds is 0. The molecule has 26 heavy (non-hydrogen) atoms. The maximum Gasteiger partial charge on any atom is 0.203 e. The Kier molecular flexibility index (Phi) is 3.14. The van der Waals surface area contributed by atoms with Gasteiger partial charge in [0.2, 0.25) is 5.78 Å². The van der Waals surface area contributed by atoms with E-state index in [4.69, 9.17) is 0 Å². The van der Waals surface area contributed by atoms with Crippen LogP contribution in [-0.2, 0) is 4.79 Å². The zero-order valence-electron chi connectivity index (χ0n) is 16.2. The molecule has 5 aliphatic rings. The number of hydrogen-bond donors (Lipinski definition) is 2. The Bertz CT molecular complexity index is 746. The van der Waals surface area contributed by atoms with Gasteiger partial charge < -0.3 is 10.3 Å². The molecule has 0 aliphatic heterocycles. The molecule has 0 heterocycles. The maximum absolute atomic E-state index is 12.4. The standard InChI is InChI=1S/C22H31NO3/c1-19-12-16(23-26)17(24)10-18(19)22(8-9-22)11-13-14(19)4-6-20(2)15(13)5-7-21(20,3)25/h10,13-15,25-26H,4-9,11-12H2,1-3H3/b23-16-/t13-,14+,15+,19-,20+,21+/m1/s1. The summed E-state index contributed by atoms with van der Waals surface area (Å²) in [6.07, 6.45) is 10.2. The highest BCUT2D eigenvalue weighted by atomic mass is 16.4. The fraction of sp³-hybridized carbons (Fsp3) is 0.818. The molecule has 0 aromatic rings. The Labute approximate surface area is 155 Å². The zero-order valence-corrected chi connectivity index (χ0v) is 16.2. The smallest absolute Gasteiger partial charge is 0.203 e. The van der Waals surface area contributed by atoms with Crippen LogP contribution < -0.4 is 0 Å². The van der Waals surface area contributed by atoms with Crippen LogP contribution in [0.3, 0.4) is 0 Å². The molecule has 5 aliphatic carbocycles. The van der Waals surface area contributed by atoms with Crippen LogP contribution in [0.4, 0.5) is 0 Å².